The first-order valence-electron chi connectivity index (χ1n) is 9.03. The number of rotatable bonds is 7. The highest BCUT2D eigenvalue weighted by molar-refractivity contribution is 4.91. The summed E-state index contributed by atoms with van der Waals surface area (Å²) >= 11 is 0. The van der Waals surface area contributed by atoms with Gasteiger partial charge in [0, 0.05) is 19.4 Å². The molecule has 128 valence electrons. The monoisotopic (exact) mass is 309 g/mol. The van der Waals surface area contributed by atoms with Crippen LogP contribution in [0.1, 0.15) is 59.8 Å². The first-order chi connectivity index (χ1) is 10.4. The van der Waals surface area contributed by atoms with Crippen LogP contribution in [-0.2, 0) is 9.47 Å². The van der Waals surface area contributed by atoms with E-state index in [0.717, 1.165) is 50.8 Å². The van der Waals surface area contributed by atoms with Crippen LogP contribution in [0.5, 0.6) is 0 Å². The Hall–Kier alpha value is -0.380. The van der Waals surface area contributed by atoms with Crippen LogP contribution < -0.4 is 5.32 Å². The van der Waals surface area contributed by atoms with E-state index in [0.29, 0.717) is 5.41 Å². The van der Waals surface area contributed by atoms with Crippen molar-refractivity contribution in [2.75, 3.05) is 19.7 Å². The van der Waals surface area contributed by atoms with Crippen molar-refractivity contribution in [3.05, 3.63) is 12.7 Å². The SMILES string of the molecule is C=CCNCCC1COC2(CCC(C(C)(C)C(C)C)CC2)O1. The van der Waals surface area contributed by atoms with Crippen molar-refractivity contribution in [1.82, 2.24) is 5.32 Å². The van der Waals surface area contributed by atoms with E-state index in [1.165, 1.54) is 12.8 Å². The molecule has 0 aromatic carbocycles. The van der Waals surface area contributed by atoms with Gasteiger partial charge in [0.2, 0.25) is 0 Å². The zero-order valence-corrected chi connectivity index (χ0v) is 15.0. The molecule has 1 aliphatic carbocycles. The van der Waals surface area contributed by atoms with Crippen LogP contribution in [0.2, 0.25) is 0 Å². The molecule has 0 aromatic rings. The van der Waals surface area contributed by atoms with Gasteiger partial charge in [0.15, 0.2) is 5.79 Å². The summed E-state index contributed by atoms with van der Waals surface area (Å²) < 4.78 is 12.4. The smallest absolute Gasteiger partial charge is 0.168 e. The number of hydrogen-bond acceptors (Lipinski definition) is 3. The highest BCUT2D eigenvalue weighted by Crippen LogP contribution is 2.48. The molecule has 1 atom stereocenters. The van der Waals surface area contributed by atoms with Crippen molar-refractivity contribution in [2.45, 2.75) is 71.7 Å². The summed E-state index contributed by atoms with van der Waals surface area (Å²) in [4.78, 5) is 0. The Morgan fingerprint density at radius 1 is 1.32 bits per heavy atom. The molecule has 1 spiro atoms. The lowest BCUT2D eigenvalue weighted by Crippen LogP contribution is -2.41. The van der Waals surface area contributed by atoms with E-state index in [-0.39, 0.29) is 11.9 Å². The second kappa shape index (κ2) is 7.46. The third-order valence-corrected chi connectivity index (χ3v) is 6.13. The van der Waals surface area contributed by atoms with Crippen molar-refractivity contribution in [1.29, 1.82) is 0 Å². The maximum absolute atomic E-state index is 6.30. The first kappa shape index (κ1) is 18.0. The average molecular weight is 309 g/mol. The summed E-state index contributed by atoms with van der Waals surface area (Å²) in [6.45, 7) is 15.8. The lowest BCUT2D eigenvalue weighted by Gasteiger charge is -2.44. The van der Waals surface area contributed by atoms with Crippen LogP contribution in [-0.4, -0.2) is 31.6 Å². The molecule has 2 fully saturated rings. The Morgan fingerprint density at radius 2 is 2.00 bits per heavy atom. The molecule has 3 nitrogen and oxygen atoms in total. The molecule has 1 unspecified atom stereocenters. The molecular weight excluding hydrogens is 274 g/mol. The lowest BCUT2D eigenvalue weighted by atomic mass is 9.64. The zero-order valence-electron chi connectivity index (χ0n) is 15.0. The molecule has 1 saturated heterocycles. The first-order valence-corrected chi connectivity index (χ1v) is 9.03. The molecule has 22 heavy (non-hydrogen) atoms. The second-order valence-electron chi connectivity index (χ2n) is 7.99. The van der Waals surface area contributed by atoms with Gasteiger partial charge in [-0.3, -0.25) is 0 Å². The molecule has 2 aliphatic rings. The third-order valence-electron chi connectivity index (χ3n) is 6.13. The molecule has 0 radical (unpaired) electrons. The average Bonchev–Trinajstić information content (AvgIpc) is 2.87. The Labute approximate surface area is 136 Å². The molecule has 1 N–H and O–H groups in total. The predicted molar refractivity (Wildman–Crippen MR) is 91.8 cm³/mol. The number of ether oxygens (including phenoxy) is 2. The normalized spacial score (nSPS) is 32.8. The molecule has 0 aromatic heterocycles. The van der Waals surface area contributed by atoms with Gasteiger partial charge in [-0.25, -0.2) is 0 Å². The highest BCUT2D eigenvalue weighted by Gasteiger charge is 2.46. The second-order valence-corrected chi connectivity index (χ2v) is 7.99. The Kier molecular flexibility index (Phi) is 6.09. The molecule has 1 aliphatic heterocycles. The molecule has 1 heterocycles. The van der Waals surface area contributed by atoms with Gasteiger partial charge in [0.25, 0.3) is 0 Å². The van der Waals surface area contributed by atoms with Crippen molar-refractivity contribution < 1.29 is 9.47 Å². The van der Waals surface area contributed by atoms with E-state index in [4.69, 9.17) is 9.47 Å². The summed E-state index contributed by atoms with van der Waals surface area (Å²) in [5.74, 6) is 1.24. The molecular formula is C19H35NO2. The maximum atomic E-state index is 6.30. The minimum Gasteiger partial charge on any atom is -0.347 e. The van der Waals surface area contributed by atoms with Crippen molar-refractivity contribution >= 4 is 0 Å². The van der Waals surface area contributed by atoms with Crippen LogP contribution >= 0.6 is 0 Å². The third kappa shape index (κ3) is 4.12. The fourth-order valence-electron chi connectivity index (χ4n) is 3.76. The molecule has 0 bridgehead atoms. The Bertz CT molecular complexity index is 356. The van der Waals surface area contributed by atoms with Crippen LogP contribution in [0.3, 0.4) is 0 Å². The van der Waals surface area contributed by atoms with Crippen molar-refractivity contribution in [3.63, 3.8) is 0 Å². The minimum absolute atomic E-state index is 0.256. The topological polar surface area (TPSA) is 30.5 Å². The van der Waals surface area contributed by atoms with Gasteiger partial charge in [-0.1, -0.05) is 33.8 Å². The Morgan fingerprint density at radius 3 is 2.59 bits per heavy atom. The molecule has 3 heteroatoms. The van der Waals surface area contributed by atoms with Crippen LogP contribution in [0.15, 0.2) is 12.7 Å². The lowest BCUT2D eigenvalue weighted by molar-refractivity contribution is -0.198. The minimum atomic E-state index is -0.271. The van der Waals surface area contributed by atoms with Crippen LogP contribution in [0.25, 0.3) is 0 Å². The van der Waals surface area contributed by atoms with Gasteiger partial charge in [-0.15, -0.1) is 6.58 Å². The fourth-order valence-corrected chi connectivity index (χ4v) is 3.76. The van der Waals surface area contributed by atoms with Crippen molar-refractivity contribution in [2.24, 2.45) is 17.3 Å². The molecule has 2 rings (SSSR count). The van der Waals surface area contributed by atoms with E-state index >= 15 is 0 Å². The van der Waals surface area contributed by atoms with Gasteiger partial charge in [0.1, 0.15) is 0 Å². The van der Waals surface area contributed by atoms with Gasteiger partial charge in [-0.05, 0) is 43.1 Å². The maximum Gasteiger partial charge on any atom is 0.168 e. The van der Waals surface area contributed by atoms with Crippen molar-refractivity contribution in [3.8, 4) is 0 Å². The van der Waals surface area contributed by atoms with Gasteiger partial charge >= 0.3 is 0 Å². The molecule has 1 saturated carbocycles. The molecule has 0 amide bonds. The van der Waals surface area contributed by atoms with Gasteiger partial charge < -0.3 is 14.8 Å². The summed E-state index contributed by atoms with van der Waals surface area (Å²) in [7, 11) is 0. The predicted octanol–water partition coefficient (Wildman–Crippen LogP) is 4.14. The standard InChI is InChI=1S/C19H35NO2/c1-6-12-20-13-9-17-14-21-19(22-17)10-7-16(8-11-19)18(4,5)15(2)3/h6,15-17,20H,1,7-14H2,2-5H3. The van der Waals surface area contributed by atoms with E-state index in [2.05, 4.69) is 39.6 Å². The number of hydrogen-bond donors (Lipinski definition) is 1. The van der Waals surface area contributed by atoms with E-state index in [1.54, 1.807) is 0 Å². The summed E-state index contributed by atoms with van der Waals surface area (Å²) in [6.07, 6.45) is 7.75. The van der Waals surface area contributed by atoms with Gasteiger partial charge in [0.05, 0.1) is 12.7 Å². The largest absolute Gasteiger partial charge is 0.347 e. The van der Waals surface area contributed by atoms with E-state index < -0.39 is 0 Å². The quantitative estimate of drug-likeness (QED) is 0.566. The van der Waals surface area contributed by atoms with E-state index in [9.17, 15) is 0 Å². The van der Waals surface area contributed by atoms with Crippen LogP contribution in [0.4, 0.5) is 0 Å². The fraction of sp³-hybridized carbons (Fsp3) is 0.895. The van der Waals surface area contributed by atoms with Crippen LogP contribution in [0, 0.1) is 17.3 Å². The highest BCUT2D eigenvalue weighted by atomic mass is 16.7. The summed E-state index contributed by atoms with van der Waals surface area (Å²) in [5, 5.41) is 3.34. The zero-order chi connectivity index (χ0) is 16.2. The Balaban J connectivity index is 1.78. The summed E-state index contributed by atoms with van der Waals surface area (Å²) in [5.41, 5.74) is 0.411. The number of nitrogens with one attached hydrogen (secondary N) is 1. The summed E-state index contributed by atoms with van der Waals surface area (Å²) in [6, 6.07) is 0. The van der Waals surface area contributed by atoms with Gasteiger partial charge in [-0.2, -0.15) is 0 Å². The van der Waals surface area contributed by atoms with E-state index in [1.807, 2.05) is 6.08 Å².